The Hall–Kier alpha value is -0.410. The van der Waals surface area contributed by atoms with Crippen LogP contribution in [0.4, 0.5) is 0 Å². The van der Waals surface area contributed by atoms with Gasteiger partial charge in [-0.1, -0.05) is 26.7 Å². The van der Waals surface area contributed by atoms with Crippen LogP contribution in [0.5, 0.6) is 0 Å². The van der Waals surface area contributed by atoms with Crippen molar-refractivity contribution in [3.05, 3.63) is 0 Å². The van der Waals surface area contributed by atoms with Crippen molar-refractivity contribution in [2.45, 2.75) is 161 Å². The maximum atomic E-state index is 13.8. The standard InChI is InChI=1S/C34H58O3/c1-3-5-23-36-30-11-7-26(8-12-30)28-15-19-33(20-16-28)25-34(32(33)35)21-17-29(18-22-34)27-9-13-31(14-10-27)37-24-6-4-2/h26-31H,3-25H2,1-2H3/t26?,27?,28-,29?,30?,31?,33-,34-. The van der Waals surface area contributed by atoms with Crippen molar-refractivity contribution >= 4 is 5.78 Å². The first-order valence-electron chi connectivity index (χ1n) is 16.9. The average Bonchev–Trinajstić information content (AvgIpc) is 2.95. The quantitative estimate of drug-likeness (QED) is 0.273. The van der Waals surface area contributed by atoms with E-state index in [0.29, 0.717) is 12.2 Å². The van der Waals surface area contributed by atoms with Gasteiger partial charge in [-0.3, -0.25) is 4.79 Å². The first kappa shape index (κ1) is 28.1. The molecule has 212 valence electrons. The van der Waals surface area contributed by atoms with E-state index in [4.69, 9.17) is 9.47 Å². The van der Waals surface area contributed by atoms with Gasteiger partial charge in [0, 0.05) is 24.0 Å². The van der Waals surface area contributed by atoms with Crippen LogP contribution in [0.2, 0.25) is 0 Å². The fourth-order valence-corrected chi connectivity index (χ4v) is 9.64. The van der Waals surface area contributed by atoms with Gasteiger partial charge in [-0.05, 0) is 146 Å². The first-order chi connectivity index (χ1) is 18.1. The molecule has 0 atom stereocenters. The van der Waals surface area contributed by atoms with Gasteiger partial charge in [0.25, 0.3) is 0 Å². The van der Waals surface area contributed by atoms with Crippen molar-refractivity contribution in [2.75, 3.05) is 13.2 Å². The Bertz CT molecular complexity index is 641. The molecule has 5 fully saturated rings. The lowest BCUT2D eigenvalue weighted by Gasteiger charge is -2.60. The summed E-state index contributed by atoms with van der Waals surface area (Å²) in [6, 6.07) is 0. The highest BCUT2D eigenvalue weighted by Gasteiger charge is 2.63. The van der Waals surface area contributed by atoms with Crippen LogP contribution in [0, 0.1) is 34.5 Å². The molecule has 0 saturated heterocycles. The summed E-state index contributed by atoms with van der Waals surface area (Å²) in [7, 11) is 0. The molecule has 0 bridgehead atoms. The van der Waals surface area contributed by atoms with E-state index in [1.165, 1.54) is 135 Å². The van der Waals surface area contributed by atoms with Crippen molar-refractivity contribution in [2.24, 2.45) is 34.5 Å². The predicted octanol–water partition coefficient (Wildman–Crippen LogP) is 9.06. The molecule has 3 nitrogen and oxygen atoms in total. The van der Waals surface area contributed by atoms with Crippen LogP contribution >= 0.6 is 0 Å². The zero-order valence-corrected chi connectivity index (χ0v) is 24.5. The number of carbonyl (C=O) groups excluding carboxylic acids is 1. The first-order valence-corrected chi connectivity index (χ1v) is 16.9. The van der Waals surface area contributed by atoms with Crippen molar-refractivity contribution in [3.63, 3.8) is 0 Å². The van der Waals surface area contributed by atoms with Crippen LogP contribution in [0.25, 0.3) is 0 Å². The van der Waals surface area contributed by atoms with E-state index in [0.717, 1.165) is 42.7 Å². The van der Waals surface area contributed by atoms with Gasteiger partial charge in [0.15, 0.2) is 0 Å². The molecule has 0 N–H and O–H groups in total. The minimum Gasteiger partial charge on any atom is -0.378 e. The molecule has 5 saturated carbocycles. The highest BCUT2D eigenvalue weighted by atomic mass is 16.5. The largest absolute Gasteiger partial charge is 0.378 e. The van der Waals surface area contributed by atoms with Gasteiger partial charge >= 0.3 is 0 Å². The van der Waals surface area contributed by atoms with E-state index < -0.39 is 0 Å². The molecule has 0 aliphatic heterocycles. The Morgan fingerprint density at radius 3 is 1.24 bits per heavy atom. The predicted molar refractivity (Wildman–Crippen MR) is 152 cm³/mol. The SMILES string of the molecule is CCCCOC1CCC(C2CC[C@]3(CC2)C[C@@]2(CC[C@H](C4CCC(OCCCC)CC4)CC2)C3=O)CC1. The molecular formula is C34H58O3. The molecule has 0 radical (unpaired) electrons. The third-order valence-corrected chi connectivity index (χ3v) is 12.1. The highest BCUT2D eigenvalue weighted by molar-refractivity contribution is 5.96. The number of rotatable bonds is 10. The molecule has 0 heterocycles. The Balaban J connectivity index is 1.01. The smallest absolute Gasteiger partial charge is 0.145 e. The minimum absolute atomic E-state index is 0.0949. The molecule has 0 aromatic heterocycles. The van der Waals surface area contributed by atoms with Crippen molar-refractivity contribution in [3.8, 4) is 0 Å². The summed E-state index contributed by atoms with van der Waals surface area (Å²) in [5, 5.41) is 0. The Morgan fingerprint density at radius 2 is 0.919 bits per heavy atom. The summed E-state index contributed by atoms with van der Waals surface area (Å²) in [6.07, 6.45) is 27.8. The van der Waals surface area contributed by atoms with E-state index in [-0.39, 0.29) is 10.8 Å². The van der Waals surface area contributed by atoms with Crippen LogP contribution in [0.15, 0.2) is 0 Å². The zero-order valence-electron chi connectivity index (χ0n) is 24.5. The maximum absolute atomic E-state index is 13.8. The number of ketones is 1. The van der Waals surface area contributed by atoms with E-state index in [1.54, 1.807) is 0 Å². The van der Waals surface area contributed by atoms with Crippen molar-refractivity contribution in [1.82, 2.24) is 0 Å². The second-order valence-electron chi connectivity index (χ2n) is 14.3. The van der Waals surface area contributed by atoms with Crippen LogP contribution in [0.3, 0.4) is 0 Å². The summed E-state index contributed by atoms with van der Waals surface area (Å²) < 4.78 is 12.2. The van der Waals surface area contributed by atoms with Gasteiger partial charge in [0.2, 0.25) is 0 Å². The number of hydrogen-bond acceptors (Lipinski definition) is 3. The van der Waals surface area contributed by atoms with Crippen LogP contribution in [-0.2, 0) is 14.3 Å². The third kappa shape index (κ3) is 6.34. The number of Topliss-reactive ketones (excluding diaryl/α,β-unsaturated/α-hetero) is 1. The van der Waals surface area contributed by atoms with Gasteiger partial charge in [-0.15, -0.1) is 0 Å². The third-order valence-electron chi connectivity index (χ3n) is 12.1. The molecule has 0 unspecified atom stereocenters. The maximum Gasteiger partial charge on any atom is 0.145 e. The Morgan fingerprint density at radius 1 is 0.568 bits per heavy atom. The van der Waals surface area contributed by atoms with Crippen LogP contribution in [0.1, 0.15) is 149 Å². The monoisotopic (exact) mass is 514 g/mol. The summed E-state index contributed by atoms with van der Waals surface area (Å²) in [6.45, 7) is 6.40. The van der Waals surface area contributed by atoms with Crippen molar-refractivity contribution in [1.29, 1.82) is 0 Å². The van der Waals surface area contributed by atoms with Gasteiger partial charge in [-0.2, -0.15) is 0 Å². The molecule has 5 aliphatic rings. The summed E-state index contributed by atoms with van der Waals surface area (Å²) in [5.74, 6) is 4.27. The molecule has 3 heteroatoms. The second-order valence-corrected chi connectivity index (χ2v) is 14.3. The molecule has 37 heavy (non-hydrogen) atoms. The van der Waals surface area contributed by atoms with Crippen molar-refractivity contribution < 1.29 is 14.3 Å². The zero-order chi connectivity index (χ0) is 25.7. The molecule has 2 spiro atoms. The van der Waals surface area contributed by atoms with Gasteiger partial charge < -0.3 is 9.47 Å². The fourth-order valence-electron chi connectivity index (χ4n) is 9.64. The van der Waals surface area contributed by atoms with E-state index >= 15 is 0 Å². The highest BCUT2D eigenvalue weighted by Crippen LogP contribution is 2.65. The Labute approximate surface area is 228 Å². The molecule has 5 aliphatic carbocycles. The van der Waals surface area contributed by atoms with Crippen LogP contribution < -0.4 is 0 Å². The van der Waals surface area contributed by atoms with Gasteiger partial charge in [0.05, 0.1) is 12.2 Å². The normalized spacial score (nSPS) is 42.7. The second kappa shape index (κ2) is 12.8. The van der Waals surface area contributed by atoms with E-state index in [1.807, 2.05) is 0 Å². The van der Waals surface area contributed by atoms with E-state index in [9.17, 15) is 4.79 Å². The average molecular weight is 515 g/mol. The molecular weight excluding hydrogens is 456 g/mol. The fraction of sp³-hybridized carbons (Fsp3) is 0.971. The Kier molecular flexibility index (Phi) is 9.76. The lowest BCUT2D eigenvalue weighted by atomic mass is 9.42. The van der Waals surface area contributed by atoms with Crippen LogP contribution in [-0.4, -0.2) is 31.2 Å². The number of carbonyl (C=O) groups is 1. The molecule has 0 aromatic carbocycles. The lowest BCUT2D eigenvalue weighted by Crippen LogP contribution is -2.60. The lowest BCUT2D eigenvalue weighted by molar-refractivity contribution is -0.170. The van der Waals surface area contributed by atoms with E-state index in [2.05, 4.69) is 13.8 Å². The number of hydrogen-bond donors (Lipinski definition) is 0. The number of unbranched alkanes of at least 4 members (excludes halogenated alkanes) is 2. The topological polar surface area (TPSA) is 35.5 Å². The summed E-state index contributed by atoms with van der Waals surface area (Å²) in [5.41, 5.74) is 0.190. The minimum atomic E-state index is 0.0949. The molecule has 0 amide bonds. The van der Waals surface area contributed by atoms with Gasteiger partial charge in [-0.25, -0.2) is 0 Å². The summed E-state index contributed by atoms with van der Waals surface area (Å²) in [4.78, 5) is 13.8. The molecule has 0 aromatic rings. The van der Waals surface area contributed by atoms with Gasteiger partial charge in [0.1, 0.15) is 5.78 Å². The summed E-state index contributed by atoms with van der Waals surface area (Å²) >= 11 is 0. The number of ether oxygens (including phenoxy) is 2. The molecule has 5 rings (SSSR count).